The highest BCUT2D eigenvalue weighted by Crippen LogP contribution is 2.42. The van der Waals surface area contributed by atoms with Gasteiger partial charge in [0.05, 0.1) is 17.0 Å². The van der Waals surface area contributed by atoms with E-state index in [-0.39, 0.29) is 17.1 Å². The van der Waals surface area contributed by atoms with Crippen LogP contribution in [0.25, 0.3) is 0 Å². The first-order valence-corrected chi connectivity index (χ1v) is 8.97. The minimum Gasteiger partial charge on any atom is -0.362 e. The highest BCUT2D eigenvalue weighted by Gasteiger charge is 2.63. The van der Waals surface area contributed by atoms with Gasteiger partial charge >= 0.3 is 6.18 Å². The molecule has 8 heteroatoms. The molecule has 0 aliphatic carbocycles. The maximum Gasteiger partial charge on any atom is 0.438 e. The predicted molar refractivity (Wildman–Crippen MR) is 92.7 cm³/mol. The SMILES string of the molecule is O=C(CCCc1ccccc1)N1N=C(c2cccs2)CC1(O)C(F)(F)F. The van der Waals surface area contributed by atoms with Crippen molar-refractivity contribution in [2.45, 2.75) is 37.6 Å². The summed E-state index contributed by atoms with van der Waals surface area (Å²) in [6, 6.07) is 12.7. The Morgan fingerprint density at radius 1 is 1.23 bits per heavy atom. The fourth-order valence-electron chi connectivity index (χ4n) is 2.80. The van der Waals surface area contributed by atoms with Gasteiger partial charge in [-0.25, -0.2) is 0 Å². The number of alkyl halides is 3. The molecule has 1 unspecified atom stereocenters. The van der Waals surface area contributed by atoms with Crippen LogP contribution in [0.5, 0.6) is 0 Å². The Labute approximate surface area is 152 Å². The second-order valence-corrected chi connectivity index (χ2v) is 7.01. The van der Waals surface area contributed by atoms with Gasteiger partial charge in [0.1, 0.15) is 0 Å². The number of hydrogen-bond acceptors (Lipinski definition) is 4. The number of thiophene rings is 1. The number of aryl methyl sites for hydroxylation is 1. The van der Waals surface area contributed by atoms with Gasteiger partial charge in [-0.15, -0.1) is 11.3 Å². The highest BCUT2D eigenvalue weighted by atomic mass is 32.1. The number of aliphatic hydroxyl groups is 1. The zero-order valence-electron chi connectivity index (χ0n) is 13.7. The maximum atomic E-state index is 13.4. The van der Waals surface area contributed by atoms with Crippen LogP contribution in [0.15, 0.2) is 52.9 Å². The van der Waals surface area contributed by atoms with E-state index in [1.807, 2.05) is 30.3 Å². The van der Waals surface area contributed by atoms with Crippen molar-refractivity contribution in [1.29, 1.82) is 0 Å². The molecule has 4 nitrogen and oxygen atoms in total. The van der Waals surface area contributed by atoms with Gasteiger partial charge in [0.2, 0.25) is 5.91 Å². The summed E-state index contributed by atoms with van der Waals surface area (Å²) in [6.07, 6.45) is -4.95. The lowest BCUT2D eigenvalue weighted by atomic mass is 10.0. The van der Waals surface area contributed by atoms with Crippen molar-refractivity contribution in [2.75, 3.05) is 0 Å². The summed E-state index contributed by atoms with van der Waals surface area (Å²) in [5, 5.41) is 15.9. The van der Waals surface area contributed by atoms with Crippen LogP contribution in [0, 0.1) is 0 Å². The third-order valence-electron chi connectivity index (χ3n) is 4.18. The maximum absolute atomic E-state index is 13.4. The average molecular weight is 382 g/mol. The van der Waals surface area contributed by atoms with Crippen LogP contribution in [-0.2, 0) is 11.2 Å². The summed E-state index contributed by atoms with van der Waals surface area (Å²) in [6.45, 7) is 0. The Bertz CT molecular complexity index is 791. The monoisotopic (exact) mass is 382 g/mol. The third-order valence-corrected chi connectivity index (χ3v) is 5.10. The van der Waals surface area contributed by atoms with Gasteiger partial charge in [-0.05, 0) is 29.9 Å². The number of hydrazone groups is 1. The lowest BCUT2D eigenvalue weighted by Crippen LogP contribution is -2.56. The van der Waals surface area contributed by atoms with Crippen LogP contribution >= 0.6 is 11.3 Å². The normalized spacial score (nSPS) is 20.3. The second-order valence-electron chi connectivity index (χ2n) is 6.06. The molecule has 1 atom stereocenters. The van der Waals surface area contributed by atoms with Crippen LogP contribution < -0.4 is 0 Å². The molecule has 1 aromatic heterocycles. The van der Waals surface area contributed by atoms with Crippen LogP contribution in [0.4, 0.5) is 13.2 Å². The van der Waals surface area contributed by atoms with Crippen molar-refractivity contribution in [3.05, 3.63) is 58.3 Å². The van der Waals surface area contributed by atoms with E-state index in [0.29, 0.717) is 17.7 Å². The van der Waals surface area contributed by atoms with E-state index in [1.165, 1.54) is 11.3 Å². The Morgan fingerprint density at radius 3 is 2.58 bits per heavy atom. The van der Waals surface area contributed by atoms with Crippen LogP contribution in [0.1, 0.15) is 29.7 Å². The standard InChI is InChI=1S/C18H17F3N2O2S/c19-18(20,21)17(25)12-14(15-9-5-11-26-15)22-23(17)16(24)10-4-8-13-6-2-1-3-7-13/h1-3,5-7,9,11,25H,4,8,10,12H2. The predicted octanol–water partition coefficient (Wildman–Crippen LogP) is 3.96. The largest absolute Gasteiger partial charge is 0.438 e. The van der Waals surface area contributed by atoms with Crippen molar-refractivity contribution in [3.8, 4) is 0 Å². The van der Waals surface area contributed by atoms with Crippen LogP contribution in [0.2, 0.25) is 0 Å². The molecule has 2 aromatic rings. The Hall–Kier alpha value is -2.19. The lowest BCUT2D eigenvalue weighted by molar-refractivity contribution is -0.302. The summed E-state index contributed by atoms with van der Waals surface area (Å²) in [4.78, 5) is 12.9. The molecule has 1 aromatic carbocycles. The van der Waals surface area contributed by atoms with E-state index < -0.39 is 24.2 Å². The minimum atomic E-state index is -5.00. The van der Waals surface area contributed by atoms with Crippen LogP contribution in [-0.4, -0.2) is 33.6 Å². The molecule has 0 spiro atoms. The van der Waals surface area contributed by atoms with Gasteiger partial charge in [0.25, 0.3) is 5.72 Å². The summed E-state index contributed by atoms with van der Waals surface area (Å²) < 4.78 is 40.3. The topological polar surface area (TPSA) is 52.9 Å². The Morgan fingerprint density at radius 2 is 1.96 bits per heavy atom. The second kappa shape index (κ2) is 7.20. The summed E-state index contributed by atoms with van der Waals surface area (Å²) >= 11 is 1.21. The molecular weight excluding hydrogens is 365 g/mol. The van der Waals surface area contributed by atoms with Gasteiger partial charge < -0.3 is 5.11 Å². The van der Waals surface area contributed by atoms with Gasteiger partial charge in [-0.3, -0.25) is 4.79 Å². The fourth-order valence-corrected chi connectivity index (χ4v) is 3.51. The number of benzene rings is 1. The highest BCUT2D eigenvalue weighted by molar-refractivity contribution is 7.12. The Balaban J connectivity index is 1.74. The molecule has 0 radical (unpaired) electrons. The van der Waals surface area contributed by atoms with E-state index in [2.05, 4.69) is 5.10 Å². The zero-order valence-corrected chi connectivity index (χ0v) is 14.6. The number of rotatable bonds is 5. The van der Waals surface area contributed by atoms with Crippen molar-refractivity contribution < 1.29 is 23.1 Å². The van der Waals surface area contributed by atoms with Crippen molar-refractivity contribution in [2.24, 2.45) is 5.10 Å². The van der Waals surface area contributed by atoms with Crippen molar-refractivity contribution in [3.63, 3.8) is 0 Å². The Kier molecular flexibility index (Phi) is 5.15. The molecule has 1 amide bonds. The smallest absolute Gasteiger partial charge is 0.362 e. The first-order chi connectivity index (χ1) is 12.3. The van der Waals surface area contributed by atoms with E-state index in [9.17, 15) is 23.1 Å². The first-order valence-electron chi connectivity index (χ1n) is 8.09. The van der Waals surface area contributed by atoms with E-state index >= 15 is 0 Å². The van der Waals surface area contributed by atoms with Gasteiger partial charge in [0, 0.05) is 6.42 Å². The van der Waals surface area contributed by atoms with E-state index in [4.69, 9.17) is 0 Å². The number of nitrogens with zero attached hydrogens (tertiary/aromatic N) is 2. The molecule has 2 heterocycles. The molecule has 0 fully saturated rings. The molecule has 0 saturated carbocycles. The first kappa shape index (κ1) is 18.6. The fraction of sp³-hybridized carbons (Fsp3) is 0.333. The summed E-state index contributed by atoms with van der Waals surface area (Å²) in [7, 11) is 0. The number of amides is 1. The van der Waals surface area contributed by atoms with Gasteiger partial charge in [0.15, 0.2) is 0 Å². The zero-order chi connectivity index (χ0) is 18.8. The number of carbonyl (C=O) groups excluding carboxylic acids is 1. The quantitative estimate of drug-likeness (QED) is 0.851. The molecule has 1 N–H and O–H groups in total. The number of halogens is 3. The number of carbonyl (C=O) groups is 1. The molecular formula is C18H17F3N2O2S. The van der Waals surface area contributed by atoms with E-state index in [0.717, 1.165) is 5.56 Å². The van der Waals surface area contributed by atoms with Gasteiger partial charge in [-0.1, -0.05) is 36.4 Å². The molecule has 1 aliphatic rings. The van der Waals surface area contributed by atoms with Crippen molar-refractivity contribution in [1.82, 2.24) is 5.01 Å². The minimum absolute atomic E-state index is 0.0660. The van der Waals surface area contributed by atoms with Crippen molar-refractivity contribution >= 4 is 23.0 Å². The third kappa shape index (κ3) is 3.66. The molecule has 1 aliphatic heterocycles. The average Bonchev–Trinajstić information content (AvgIpc) is 3.23. The van der Waals surface area contributed by atoms with E-state index in [1.54, 1.807) is 17.5 Å². The lowest BCUT2D eigenvalue weighted by Gasteiger charge is -2.32. The van der Waals surface area contributed by atoms with Gasteiger partial charge in [-0.2, -0.15) is 23.3 Å². The molecule has 3 rings (SSSR count). The summed E-state index contributed by atoms with van der Waals surface area (Å²) in [5.41, 5.74) is -2.23. The van der Waals surface area contributed by atoms with Crippen LogP contribution in [0.3, 0.4) is 0 Å². The molecule has 26 heavy (non-hydrogen) atoms. The molecule has 138 valence electrons. The molecule has 0 saturated heterocycles. The molecule has 0 bridgehead atoms. The number of hydrogen-bond donors (Lipinski definition) is 1. The summed E-state index contributed by atoms with van der Waals surface area (Å²) in [5.74, 6) is -0.840.